The summed E-state index contributed by atoms with van der Waals surface area (Å²) in [6.07, 6.45) is 77.3. The Kier molecular flexibility index (Phi) is 51.5. The molecule has 6 heteroatoms. The molecule has 0 bridgehead atoms. The van der Waals surface area contributed by atoms with E-state index in [1.54, 1.807) is 0 Å². The second-order valence-corrected chi connectivity index (χ2v) is 17.5. The van der Waals surface area contributed by atoms with Crippen molar-refractivity contribution >= 4 is 17.9 Å². The molecular formula is C62H98O6. The third kappa shape index (κ3) is 52.5. The number of rotatable bonds is 47. The van der Waals surface area contributed by atoms with Crippen LogP contribution in [0.3, 0.4) is 0 Å². The fraction of sp³-hybridized carbons (Fsp3) is 0.597. The molecule has 0 rings (SSSR count). The minimum atomic E-state index is -0.832. The highest BCUT2D eigenvalue weighted by atomic mass is 16.6. The average Bonchev–Trinajstić information content (AvgIpc) is 3.34. The lowest BCUT2D eigenvalue weighted by Crippen LogP contribution is -2.30. The van der Waals surface area contributed by atoms with Gasteiger partial charge in [0.15, 0.2) is 6.10 Å². The summed E-state index contributed by atoms with van der Waals surface area (Å²) in [4.78, 5) is 38.0. The van der Waals surface area contributed by atoms with Gasteiger partial charge in [0.2, 0.25) is 0 Å². The van der Waals surface area contributed by atoms with Gasteiger partial charge in [-0.05, 0) is 109 Å². The van der Waals surface area contributed by atoms with Gasteiger partial charge in [0, 0.05) is 19.3 Å². The number of unbranched alkanes of at least 4 members (excludes halogenated alkanes) is 17. The van der Waals surface area contributed by atoms with Gasteiger partial charge in [-0.25, -0.2) is 0 Å². The molecule has 0 heterocycles. The van der Waals surface area contributed by atoms with Gasteiger partial charge in [-0.3, -0.25) is 14.4 Å². The predicted octanol–water partition coefficient (Wildman–Crippen LogP) is 18.3. The van der Waals surface area contributed by atoms with E-state index < -0.39 is 6.10 Å². The zero-order valence-corrected chi connectivity index (χ0v) is 43.6. The lowest BCUT2D eigenvalue weighted by atomic mass is 10.1. The maximum Gasteiger partial charge on any atom is 0.306 e. The molecule has 6 nitrogen and oxygen atoms in total. The third-order valence-corrected chi connectivity index (χ3v) is 11.0. The summed E-state index contributed by atoms with van der Waals surface area (Å²) >= 11 is 0. The first-order chi connectivity index (χ1) is 33.5. The Morgan fingerprint density at radius 2 is 0.662 bits per heavy atom. The van der Waals surface area contributed by atoms with Gasteiger partial charge >= 0.3 is 17.9 Å². The number of carbonyl (C=O) groups excluding carboxylic acids is 3. The normalized spacial score (nSPS) is 13.2. The van der Waals surface area contributed by atoms with Crippen LogP contribution in [-0.4, -0.2) is 37.2 Å². The third-order valence-electron chi connectivity index (χ3n) is 11.0. The molecule has 1 atom stereocenters. The molecule has 0 saturated carbocycles. The van der Waals surface area contributed by atoms with Crippen LogP contribution in [0.2, 0.25) is 0 Å². The molecule has 0 aromatic carbocycles. The van der Waals surface area contributed by atoms with Crippen LogP contribution in [0.4, 0.5) is 0 Å². The topological polar surface area (TPSA) is 78.9 Å². The zero-order chi connectivity index (χ0) is 49.3. The summed E-state index contributed by atoms with van der Waals surface area (Å²) in [6, 6.07) is 0. The monoisotopic (exact) mass is 939 g/mol. The van der Waals surface area contributed by atoms with Crippen molar-refractivity contribution in [1.29, 1.82) is 0 Å². The molecule has 0 aliphatic heterocycles. The van der Waals surface area contributed by atoms with Crippen molar-refractivity contribution in [2.24, 2.45) is 0 Å². The Labute approximate surface area is 417 Å². The molecule has 0 amide bonds. The predicted molar refractivity (Wildman–Crippen MR) is 292 cm³/mol. The average molecular weight is 939 g/mol. The molecule has 0 radical (unpaired) electrons. The van der Waals surface area contributed by atoms with Crippen LogP contribution in [0.15, 0.2) is 134 Å². The first kappa shape index (κ1) is 63.5. The quantitative estimate of drug-likeness (QED) is 0.0199. The number of hydrogen-bond donors (Lipinski definition) is 0. The standard InChI is InChI=1S/C62H98O6/c1-4-7-10-13-16-19-22-25-27-29-31-33-34-37-40-43-46-49-52-55-61(64)67-58-59(57-66-60(63)54-51-48-45-42-39-36-24-21-18-15-12-9-6-3)68-62(65)56-53-50-47-44-41-38-35-32-30-28-26-23-20-17-14-11-8-5-2/h7,10,16-17,19-20,23,25-28,30-33,35-37,39-40,45,48,59H,4-6,8-9,11-15,18,21-22,24,29,34,38,41-44,46-47,49-58H2,1-3H3/b10-7+,19-16+,20-17+,26-23+,27-25+,30-28+,33-31+,35-32+,39-36+,40-37+,48-45+. The summed E-state index contributed by atoms with van der Waals surface area (Å²) in [5.41, 5.74) is 0. The van der Waals surface area contributed by atoms with Crippen molar-refractivity contribution < 1.29 is 28.6 Å². The fourth-order valence-electron chi connectivity index (χ4n) is 6.88. The molecule has 0 aliphatic rings. The second kappa shape index (κ2) is 55.1. The number of esters is 3. The first-order valence-electron chi connectivity index (χ1n) is 27.2. The second-order valence-electron chi connectivity index (χ2n) is 17.5. The van der Waals surface area contributed by atoms with Crippen LogP contribution in [0.5, 0.6) is 0 Å². The van der Waals surface area contributed by atoms with Gasteiger partial charge in [-0.2, -0.15) is 0 Å². The van der Waals surface area contributed by atoms with Gasteiger partial charge in [0.05, 0.1) is 0 Å². The maximum absolute atomic E-state index is 12.8. The van der Waals surface area contributed by atoms with Crippen molar-refractivity contribution in [3.8, 4) is 0 Å². The molecule has 0 N–H and O–H groups in total. The molecule has 68 heavy (non-hydrogen) atoms. The largest absolute Gasteiger partial charge is 0.462 e. The lowest BCUT2D eigenvalue weighted by molar-refractivity contribution is -0.166. The highest BCUT2D eigenvalue weighted by molar-refractivity contribution is 5.71. The molecule has 0 aromatic rings. The molecule has 0 aromatic heterocycles. The van der Waals surface area contributed by atoms with E-state index in [1.165, 1.54) is 57.8 Å². The highest BCUT2D eigenvalue weighted by Crippen LogP contribution is 2.12. The Morgan fingerprint density at radius 3 is 1.16 bits per heavy atom. The smallest absolute Gasteiger partial charge is 0.306 e. The molecule has 1 unspecified atom stereocenters. The van der Waals surface area contributed by atoms with Crippen LogP contribution in [0.25, 0.3) is 0 Å². The Bertz CT molecular complexity index is 1500. The number of allylic oxidation sites excluding steroid dienone is 22. The minimum absolute atomic E-state index is 0.127. The van der Waals surface area contributed by atoms with Crippen molar-refractivity contribution in [1.82, 2.24) is 0 Å². The number of carbonyl (C=O) groups is 3. The molecular weight excluding hydrogens is 841 g/mol. The molecule has 0 aliphatic carbocycles. The van der Waals surface area contributed by atoms with Gasteiger partial charge < -0.3 is 14.2 Å². The van der Waals surface area contributed by atoms with E-state index >= 15 is 0 Å². The Morgan fingerprint density at radius 1 is 0.324 bits per heavy atom. The van der Waals surface area contributed by atoms with E-state index in [9.17, 15) is 14.4 Å². The molecule has 0 fully saturated rings. The molecule has 382 valence electrons. The first-order valence-corrected chi connectivity index (χ1v) is 27.2. The summed E-state index contributed by atoms with van der Waals surface area (Å²) in [5, 5.41) is 0. The maximum atomic E-state index is 12.8. The minimum Gasteiger partial charge on any atom is -0.462 e. The van der Waals surface area contributed by atoms with Crippen molar-refractivity contribution in [3.63, 3.8) is 0 Å². The van der Waals surface area contributed by atoms with E-state index in [0.717, 1.165) is 116 Å². The van der Waals surface area contributed by atoms with Crippen molar-refractivity contribution in [3.05, 3.63) is 134 Å². The van der Waals surface area contributed by atoms with Crippen molar-refractivity contribution in [2.75, 3.05) is 13.2 Å². The van der Waals surface area contributed by atoms with Gasteiger partial charge in [-0.15, -0.1) is 0 Å². The zero-order valence-electron chi connectivity index (χ0n) is 43.6. The van der Waals surface area contributed by atoms with Gasteiger partial charge in [0.25, 0.3) is 0 Å². The summed E-state index contributed by atoms with van der Waals surface area (Å²) < 4.78 is 16.7. The summed E-state index contributed by atoms with van der Waals surface area (Å²) in [7, 11) is 0. The van der Waals surface area contributed by atoms with E-state index in [0.29, 0.717) is 12.8 Å². The van der Waals surface area contributed by atoms with E-state index in [-0.39, 0.29) is 44.0 Å². The van der Waals surface area contributed by atoms with Crippen LogP contribution in [0.1, 0.15) is 220 Å². The molecule has 0 saturated heterocycles. The highest BCUT2D eigenvalue weighted by Gasteiger charge is 2.19. The van der Waals surface area contributed by atoms with Crippen LogP contribution in [0, 0.1) is 0 Å². The fourth-order valence-corrected chi connectivity index (χ4v) is 6.88. The summed E-state index contributed by atoms with van der Waals surface area (Å²) in [5.74, 6) is -1.06. The SMILES string of the molecule is CC/C=C/C/C=C/C/C=C/C/C=C/C/C=C/CCCCCC(=O)OCC(COC(=O)CC/C=C/C/C=C/CCCCCCCC)OC(=O)CCCCCCC/C=C/C=C/C=C/C=C/CCCCC. The van der Waals surface area contributed by atoms with Gasteiger partial charge in [-0.1, -0.05) is 225 Å². The van der Waals surface area contributed by atoms with Crippen molar-refractivity contribution in [2.45, 2.75) is 226 Å². The van der Waals surface area contributed by atoms with E-state index in [1.807, 2.05) is 6.08 Å². The van der Waals surface area contributed by atoms with Crippen LogP contribution in [-0.2, 0) is 28.6 Å². The van der Waals surface area contributed by atoms with E-state index in [2.05, 4.69) is 148 Å². The summed E-state index contributed by atoms with van der Waals surface area (Å²) in [6.45, 7) is 6.36. The van der Waals surface area contributed by atoms with Crippen LogP contribution >= 0.6 is 0 Å². The van der Waals surface area contributed by atoms with Gasteiger partial charge in [0.1, 0.15) is 13.2 Å². The molecule has 0 spiro atoms. The Hall–Kier alpha value is -4.45. The lowest BCUT2D eigenvalue weighted by Gasteiger charge is -2.18. The number of hydrogen-bond acceptors (Lipinski definition) is 6. The Balaban J connectivity index is 4.58. The number of ether oxygens (including phenoxy) is 3. The van der Waals surface area contributed by atoms with E-state index in [4.69, 9.17) is 14.2 Å². The van der Waals surface area contributed by atoms with Crippen LogP contribution < -0.4 is 0 Å².